The van der Waals surface area contributed by atoms with E-state index in [2.05, 4.69) is 20.6 Å². The molecule has 0 atom stereocenters. The van der Waals surface area contributed by atoms with Crippen LogP contribution in [0.15, 0.2) is 9.41 Å². The summed E-state index contributed by atoms with van der Waals surface area (Å²) in [5, 5.41) is 6.17. The monoisotopic (exact) mass is 311 g/mol. The second-order valence-corrected chi connectivity index (χ2v) is 4.98. The molecule has 1 amide bonds. The lowest BCUT2D eigenvalue weighted by molar-refractivity contribution is -0.127. The summed E-state index contributed by atoms with van der Waals surface area (Å²) < 4.78 is 10.5. The predicted molar refractivity (Wildman–Crippen MR) is 83.7 cm³/mol. The van der Waals surface area contributed by atoms with Crippen molar-refractivity contribution in [3.63, 3.8) is 0 Å². The van der Waals surface area contributed by atoms with Gasteiger partial charge in [0.2, 0.25) is 11.8 Å². The first-order valence-electron chi connectivity index (χ1n) is 7.08. The molecule has 0 aliphatic heterocycles. The second kappa shape index (κ2) is 9.04. The van der Waals surface area contributed by atoms with E-state index in [4.69, 9.17) is 9.15 Å². The molecular weight excluding hydrogens is 286 g/mol. The number of amides is 1. The summed E-state index contributed by atoms with van der Waals surface area (Å²) in [5.41, 5.74) is 0.866. The minimum Gasteiger partial charge on any atom is -0.444 e. The van der Waals surface area contributed by atoms with Crippen LogP contribution in [-0.4, -0.2) is 62.7 Å². The van der Waals surface area contributed by atoms with Crippen molar-refractivity contribution in [3.05, 3.63) is 17.3 Å². The number of aryl methyl sites for hydroxylation is 2. The fourth-order valence-electron chi connectivity index (χ4n) is 1.51. The van der Waals surface area contributed by atoms with Gasteiger partial charge in [0, 0.05) is 27.7 Å². The maximum atomic E-state index is 11.6. The zero-order valence-corrected chi connectivity index (χ0v) is 13.9. The molecule has 8 nitrogen and oxygen atoms in total. The highest BCUT2D eigenvalue weighted by atomic mass is 16.5. The summed E-state index contributed by atoms with van der Waals surface area (Å²) in [4.78, 5) is 21.6. The van der Waals surface area contributed by atoms with Crippen molar-refractivity contribution in [2.24, 2.45) is 4.99 Å². The number of methoxy groups -OCH3 is 1. The number of aromatic nitrogens is 1. The fourth-order valence-corrected chi connectivity index (χ4v) is 1.51. The number of oxazole rings is 1. The number of nitrogens with one attached hydrogen (secondary N) is 2. The third kappa shape index (κ3) is 6.13. The number of carbonyl (C=O) groups excluding carboxylic acids is 1. The molecule has 0 bridgehead atoms. The minimum absolute atomic E-state index is 0.0684. The summed E-state index contributed by atoms with van der Waals surface area (Å²) >= 11 is 0. The largest absolute Gasteiger partial charge is 0.444 e. The number of hydrogen-bond acceptors (Lipinski definition) is 5. The van der Waals surface area contributed by atoms with Crippen molar-refractivity contribution in [2.75, 3.05) is 40.9 Å². The number of aliphatic imine (C=N–C) groups is 1. The Hall–Kier alpha value is -2.09. The number of nitrogens with zero attached hydrogens (tertiary/aromatic N) is 3. The zero-order chi connectivity index (χ0) is 16.5. The standard InChI is InChI=1S/C14H25N5O3/c1-10-11(2)22-12(18-10)8-16-14(15-6-7-21-5)17-9-13(20)19(3)4/h6-9H2,1-5H3,(H2,15,16,17). The molecule has 1 heterocycles. The second-order valence-electron chi connectivity index (χ2n) is 4.98. The quantitative estimate of drug-likeness (QED) is 0.420. The van der Waals surface area contributed by atoms with Crippen molar-refractivity contribution in [3.8, 4) is 0 Å². The van der Waals surface area contributed by atoms with E-state index in [9.17, 15) is 4.79 Å². The molecule has 0 radical (unpaired) electrons. The first-order valence-corrected chi connectivity index (χ1v) is 7.08. The van der Waals surface area contributed by atoms with Crippen LogP contribution in [0, 0.1) is 13.8 Å². The van der Waals surface area contributed by atoms with Crippen molar-refractivity contribution in [1.29, 1.82) is 0 Å². The highest BCUT2D eigenvalue weighted by Gasteiger charge is 2.08. The van der Waals surface area contributed by atoms with Gasteiger partial charge in [-0.3, -0.25) is 4.79 Å². The van der Waals surface area contributed by atoms with Crippen molar-refractivity contribution < 1.29 is 13.9 Å². The highest BCUT2D eigenvalue weighted by molar-refractivity contribution is 5.84. The van der Waals surface area contributed by atoms with Gasteiger partial charge in [0.1, 0.15) is 12.3 Å². The first kappa shape index (κ1) is 18.0. The summed E-state index contributed by atoms with van der Waals surface area (Å²) in [7, 11) is 5.02. The molecule has 0 fully saturated rings. The molecule has 0 aliphatic rings. The first-order chi connectivity index (χ1) is 10.4. The Morgan fingerprint density at radius 3 is 2.64 bits per heavy atom. The smallest absolute Gasteiger partial charge is 0.243 e. The summed E-state index contributed by atoms with van der Waals surface area (Å²) in [6.45, 7) is 5.35. The van der Waals surface area contributed by atoms with Crippen molar-refractivity contribution >= 4 is 11.9 Å². The lowest BCUT2D eigenvalue weighted by atomic mass is 10.4. The van der Waals surface area contributed by atoms with Gasteiger partial charge in [-0.25, -0.2) is 9.98 Å². The topological polar surface area (TPSA) is 92.0 Å². The number of carbonyl (C=O) groups is 1. The van der Waals surface area contributed by atoms with Crippen LogP contribution in [0.1, 0.15) is 17.3 Å². The van der Waals surface area contributed by atoms with Crippen LogP contribution >= 0.6 is 0 Å². The third-order valence-corrected chi connectivity index (χ3v) is 2.95. The Bertz CT molecular complexity index is 491. The van der Waals surface area contributed by atoms with Gasteiger partial charge in [-0.2, -0.15) is 0 Å². The number of likely N-dealkylation sites (N-methyl/N-ethyl adjacent to an activating group) is 1. The molecular formula is C14H25N5O3. The van der Waals surface area contributed by atoms with Crippen LogP contribution in [0.4, 0.5) is 0 Å². The highest BCUT2D eigenvalue weighted by Crippen LogP contribution is 2.07. The van der Waals surface area contributed by atoms with Gasteiger partial charge < -0.3 is 24.7 Å². The Balaban J connectivity index is 2.60. The average Bonchev–Trinajstić information content (AvgIpc) is 2.79. The van der Waals surface area contributed by atoms with Crippen LogP contribution in [0.2, 0.25) is 0 Å². The molecule has 0 unspecified atom stereocenters. The van der Waals surface area contributed by atoms with Gasteiger partial charge >= 0.3 is 0 Å². The summed E-state index contributed by atoms with van der Waals surface area (Å²) in [5.74, 6) is 1.82. The Kier molecular flexibility index (Phi) is 7.38. The van der Waals surface area contributed by atoms with E-state index in [1.54, 1.807) is 21.2 Å². The minimum atomic E-state index is -0.0735. The van der Waals surface area contributed by atoms with Gasteiger partial charge in [-0.15, -0.1) is 0 Å². The Morgan fingerprint density at radius 2 is 2.09 bits per heavy atom. The molecule has 8 heteroatoms. The normalized spacial score (nSPS) is 11.4. The maximum Gasteiger partial charge on any atom is 0.243 e. The molecule has 124 valence electrons. The van der Waals surface area contributed by atoms with Gasteiger partial charge in [-0.1, -0.05) is 0 Å². The van der Waals surface area contributed by atoms with E-state index < -0.39 is 0 Å². The van der Waals surface area contributed by atoms with Crippen LogP contribution in [-0.2, 0) is 16.1 Å². The molecule has 0 saturated carbocycles. The number of rotatable bonds is 7. The van der Waals surface area contributed by atoms with Crippen LogP contribution in [0.5, 0.6) is 0 Å². The lowest BCUT2D eigenvalue weighted by Gasteiger charge is -2.12. The Labute approximate surface area is 130 Å². The Morgan fingerprint density at radius 1 is 1.36 bits per heavy atom. The lowest BCUT2D eigenvalue weighted by Crippen LogP contribution is -2.39. The molecule has 0 saturated heterocycles. The number of ether oxygens (including phenoxy) is 1. The predicted octanol–water partition coefficient (Wildman–Crippen LogP) is 0.0612. The SMILES string of the molecule is COCCNC(=NCC(=O)N(C)C)NCc1nc(C)c(C)o1. The van der Waals surface area contributed by atoms with Crippen molar-refractivity contribution in [2.45, 2.75) is 20.4 Å². The molecule has 0 spiro atoms. The maximum absolute atomic E-state index is 11.6. The molecule has 1 aromatic heterocycles. The number of guanidine groups is 1. The van der Waals surface area contributed by atoms with E-state index in [1.165, 1.54) is 4.90 Å². The molecule has 22 heavy (non-hydrogen) atoms. The van der Waals surface area contributed by atoms with E-state index in [1.807, 2.05) is 13.8 Å². The van der Waals surface area contributed by atoms with Crippen LogP contribution < -0.4 is 10.6 Å². The van der Waals surface area contributed by atoms with Gasteiger partial charge in [0.15, 0.2) is 5.96 Å². The fraction of sp³-hybridized carbons (Fsp3) is 0.643. The summed E-state index contributed by atoms with van der Waals surface area (Å²) in [6, 6.07) is 0. The molecule has 1 aromatic rings. The van der Waals surface area contributed by atoms with E-state index >= 15 is 0 Å². The molecule has 0 aromatic carbocycles. The number of hydrogen-bond donors (Lipinski definition) is 2. The zero-order valence-electron chi connectivity index (χ0n) is 13.9. The van der Waals surface area contributed by atoms with Gasteiger partial charge in [0.05, 0.1) is 18.8 Å². The third-order valence-electron chi connectivity index (χ3n) is 2.95. The molecule has 1 rings (SSSR count). The van der Waals surface area contributed by atoms with Gasteiger partial charge in [0.25, 0.3) is 0 Å². The van der Waals surface area contributed by atoms with E-state index in [0.29, 0.717) is 31.5 Å². The van der Waals surface area contributed by atoms with Gasteiger partial charge in [-0.05, 0) is 13.8 Å². The van der Waals surface area contributed by atoms with E-state index in [-0.39, 0.29) is 12.5 Å². The van der Waals surface area contributed by atoms with Crippen LogP contribution in [0.25, 0.3) is 0 Å². The van der Waals surface area contributed by atoms with Crippen molar-refractivity contribution in [1.82, 2.24) is 20.5 Å². The molecule has 2 N–H and O–H groups in total. The van der Waals surface area contributed by atoms with Crippen LogP contribution in [0.3, 0.4) is 0 Å². The average molecular weight is 311 g/mol. The molecule has 0 aliphatic carbocycles. The van der Waals surface area contributed by atoms with E-state index in [0.717, 1.165) is 11.5 Å². The summed E-state index contributed by atoms with van der Waals surface area (Å²) in [6.07, 6.45) is 0.